The number of rotatable bonds is 7. The minimum atomic E-state index is -1.28. The van der Waals surface area contributed by atoms with E-state index in [9.17, 15) is 19.8 Å². The summed E-state index contributed by atoms with van der Waals surface area (Å²) in [5.41, 5.74) is 2.97. The zero-order chi connectivity index (χ0) is 33.2. The predicted octanol–water partition coefficient (Wildman–Crippen LogP) is 4.12. The molecule has 246 valence electrons. The van der Waals surface area contributed by atoms with Crippen LogP contribution in [0.15, 0.2) is 57.6 Å². The minimum Gasteiger partial charge on any atom is -0.469 e. The Labute approximate surface area is 271 Å². The predicted molar refractivity (Wildman–Crippen MR) is 170 cm³/mol. The third-order valence-electron chi connectivity index (χ3n) is 9.40. The zero-order valence-corrected chi connectivity index (χ0v) is 26.9. The van der Waals surface area contributed by atoms with Crippen LogP contribution < -0.4 is 20.7 Å². The van der Waals surface area contributed by atoms with E-state index in [-0.39, 0.29) is 30.0 Å². The van der Waals surface area contributed by atoms with Crippen LogP contribution in [0.25, 0.3) is 11.6 Å². The molecule has 0 saturated carbocycles. The second kappa shape index (κ2) is 11.5. The van der Waals surface area contributed by atoms with Crippen molar-refractivity contribution >= 4 is 17.5 Å². The molecule has 7 rings (SSSR count). The molecule has 12 heteroatoms. The van der Waals surface area contributed by atoms with Gasteiger partial charge in [0.25, 0.3) is 0 Å². The normalized spacial score (nSPS) is 23.9. The SMILES string of the molecule is CCC(O)c1coc(-c2nc3oc2C24c5ccccc5NC2Oc2ccc(cc24)C[C@H](NC(=O)[C@@H](O)C(C)C)C(=O)N[C@H]3C(C)C)n1. The number of nitrogens with zero attached hydrogens (tertiary/aromatic N) is 2. The number of ether oxygens (including phenoxy) is 1. The third-order valence-corrected chi connectivity index (χ3v) is 9.40. The molecule has 0 fully saturated rings. The molecule has 3 aliphatic heterocycles. The highest BCUT2D eigenvalue weighted by molar-refractivity contribution is 5.90. The van der Waals surface area contributed by atoms with E-state index in [2.05, 4.69) is 20.9 Å². The molecule has 5 N–H and O–H groups in total. The highest BCUT2D eigenvalue weighted by Crippen LogP contribution is 2.59. The number of aromatic nitrogens is 2. The molecule has 5 heterocycles. The summed E-state index contributed by atoms with van der Waals surface area (Å²) in [6, 6.07) is 11.9. The second-order valence-corrected chi connectivity index (χ2v) is 13.2. The van der Waals surface area contributed by atoms with E-state index in [1.807, 2.05) is 63.2 Å². The number of para-hydroxylation sites is 1. The lowest BCUT2D eigenvalue weighted by atomic mass is 9.72. The van der Waals surface area contributed by atoms with Gasteiger partial charge in [0.15, 0.2) is 17.7 Å². The van der Waals surface area contributed by atoms with E-state index in [1.165, 1.54) is 6.26 Å². The Kier molecular flexibility index (Phi) is 7.59. The average Bonchev–Trinajstić information content (AvgIpc) is 3.83. The largest absolute Gasteiger partial charge is 0.469 e. The Morgan fingerprint density at radius 3 is 2.62 bits per heavy atom. The molecular formula is C35H39N5O7. The van der Waals surface area contributed by atoms with Crippen molar-refractivity contribution < 1.29 is 33.4 Å². The van der Waals surface area contributed by atoms with Crippen molar-refractivity contribution in [3.8, 4) is 17.3 Å². The number of oxazole rings is 2. The van der Waals surface area contributed by atoms with E-state index in [4.69, 9.17) is 18.6 Å². The highest BCUT2D eigenvalue weighted by Gasteiger charge is 2.61. The molecular weight excluding hydrogens is 602 g/mol. The Morgan fingerprint density at radius 2 is 1.87 bits per heavy atom. The summed E-state index contributed by atoms with van der Waals surface area (Å²) in [5.74, 6) is -0.159. The molecule has 12 nitrogen and oxygen atoms in total. The number of carbonyl (C=O) groups excluding carboxylic acids is 2. The molecule has 2 aromatic heterocycles. The van der Waals surface area contributed by atoms with Crippen molar-refractivity contribution in [1.29, 1.82) is 0 Å². The van der Waals surface area contributed by atoms with Crippen LogP contribution in [0.2, 0.25) is 0 Å². The van der Waals surface area contributed by atoms with E-state index in [0.29, 0.717) is 29.3 Å². The van der Waals surface area contributed by atoms with Gasteiger partial charge in [-0.25, -0.2) is 9.97 Å². The van der Waals surface area contributed by atoms with Crippen LogP contribution in [0.3, 0.4) is 0 Å². The number of carbonyl (C=O) groups is 2. The van der Waals surface area contributed by atoms with Crippen molar-refractivity contribution in [2.24, 2.45) is 11.8 Å². The third kappa shape index (κ3) is 4.89. The van der Waals surface area contributed by atoms with Gasteiger partial charge < -0.3 is 39.7 Å². The molecule has 1 spiro atoms. The molecule has 3 aliphatic rings. The summed E-state index contributed by atoms with van der Waals surface area (Å²) in [6.07, 6.45) is -0.691. The lowest BCUT2D eigenvalue weighted by Crippen LogP contribution is -2.52. The summed E-state index contributed by atoms with van der Waals surface area (Å²) in [7, 11) is 0. The fourth-order valence-electron chi connectivity index (χ4n) is 6.76. The number of amides is 2. The maximum Gasteiger partial charge on any atom is 0.249 e. The molecule has 47 heavy (non-hydrogen) atoms. The molecule has 4 bridgehead atoms. The standard InChI is InChI=1S/C35H39N5O7/c1-6-24(41)23-15-45-32(37-23)27-29-35-19-9-7-8-10-21(19)38-34(35)46-25-12-11-18(13-20(25)35)14-22(36-31(44)28(42)17(4)5)30(43)39-26(16(2)3)33(40-27)47-29/h7-13,15-17,22,24,26,28,34,38,41-42H,6,14H2,1-5H3,(H,36,44)(H,39,43)/t22-,24?,26-,28-,34?,35?/m0/s1. The fraction of sp³-hybridized carbons (Fsp3) is 0.429. The van der Waals surface area contributed by atoms with Gasteiger partial charge in [-0.1, -0.05) is 65.0 Å². The molecule has 6 atom stereocenters. The second-order valence-electron chi connectivity index (χ2n) is 13.2. The Balaban J connectivity index is 1.47. The Bertz CT molecular complexity index is 1850. The van der Waals surface area contributed by atoms with E-state index in [0.717, 1.165) is 22.4 Å². The Hall–Kier alpha value is -4.68. The fourth-order valence-corrected chi connectivity index (χ4v) is 6.76. The maximum absolute atomic E-state index is 14.0. The van der Waals surface area contributed by atoms with Crippen LogP contribution >= 0.6 is 0 Å². The van der Waals surface area contributed by atoms with Gasteiger partial charge in [0.05, 0.1) is 6.10 Å². The molecule has 0 radical (unpaired) electrons. The van der Waals surface area contributed by atoms with Crippen LogP contribution in [0.5, 0.6) is 5.75 Å². The molecule has 3 unspecified atom stereocenters. The molecule has 2 aromatic carbocycles. The van der Waals surface area contributed by atoms with Gasteiger partial charge in [0.1, 0.15) is 41.3 Å². The number of aliphatic hydroxyl groups excluding tert-OH is 2. The van der Waals surface area contributed by atoms with E-state index < -0.39 is 47.7 Å². The molecule has 0 aliphatic carbocycles. The number of hydrogen-bond acceptors (Lipinski definition) is 10. The van der Waals surface area contributed by atoms with Gasteiger partial charge in [-0.15, -0.1) is 0 Å². The van der Waals surface area contributed by atoms with Gasteiger partial charge >= 0.3 is 0 Å². The number of fused-ring (bicyclic) bond motifs is 4. The highest BCUT2D eigenvalue weighted by atomic mass is 16.5. The van der Waals surface area contributed by atoms with Crippen LogP contribution in [0.4, 0.5) is 5.69 Å². The van der Waals surface area contributed by atoms with Crippen molar-refractivity contribution in [1.82, 2.24) is 20.6 Å². The average molecular weight is 642 g/mol. The van der Waals surface area contributed by atoms with Crippen molar-refractivity contribution in [3.63, 3.8) is 0 Å². The van der Waals surface area contributed by atoms with E-state index >= 15 is 0 Å². The van der Waals surface area contributed by atoms with Crippen molar-refractivity contribution in [2.45, 2.75) is 83.4 Å². The monoisotopic (exact) mass is 641 g/mol. The summed E-state index contributed by atoms with van der Waals surface area (Å²) in [6.45, 7) is 9.20. The van der Waals surface area contributed by atoms with E-state index in [1.54, 1.807) is 13.8 Å². The zero-order valence-electron chi connectivity index (χ0n) is 26.9. The minimum absolute atomic E-state index is 0.160. The number of benzene rings is 2. The summed E-state index contributed by atoms with van der Waals surface area (Å²) >= 11 is 0. The first-order valence-corrected chi connectivity index (χ1v) is 16.1. The van der Waals surface area contributed by atoms with Crippen LogP contribution in [0.1, 0.15) is 87.2 Å². The van der Waals surface area contributed by atoms with Gasteiger partial charge in [0, 0.05) is 17.7 Å². The summed E-state index contributed by atoms with van der Waals surface area (Å²) in [4.78, 5) is 36.6. The van der Waals surface area contributed by atoms with Gasteiger partial charge in [-0.05, 0) is 41.5 Å². The first-order chi connectivity index (χ1) is 22.5. The van der Waals surface area contributed by atoms with Crippen molar-refractivity contribution in [3.05, 3.63) is 82.8 Å². The smallest absolute Gasteiger partial charge is 0.249 e. The summed E-state index contributed by atoms with van der Waals surface area (Å²) < 4.78 is 19.3. The first kappa shape index (κ1) is 30.9. The Morgan fingerprint density at radius 1 is 1.09 bits per heavy atom. The number of anilines is 1. The van der Waals surface area contributed by atoms with Gasteiger partial charge in [0.2, 0.25) is 23.6 Å². The summed E-state index contributed by atoms with van der Waals surface area (Å²) in [5, 5.41) is 30.4. The van der Waals surface area contributed by atoms with Gasteiger partial charge in [-0.2, -0.15) is 0 Å². The number of hydrogen-bond donors (Lipinski definition) is 5. The lowest BCUT2D eigenvalue weighted by Gasteiger charge is -2.29. The molecule has 4 aromatic rings. The maximum atomic E-state index is 14.0. The topological polar surface area (TPSA) is 172 Å². The number of aliphatic hydroxyl groups is 2. The number of nitrogens with one attached hydrogen (secondary N) is 3. The molecule has 2 amide bonds. The molecule has 0 saturated heterocycles. The van der Waals surface area contributed by atoms with Crippen LogP contribution in [0, 0.1) is 11.8 Å². The van der Waals surface area contributed by atoms with Crippen LogP contribution in [-0.4, -0.2) is 50.4 Å². The quantitative estimate of drug-likeness (QED) is 0.198. The van der Waals surface area contributed by atoms with Crippen LogP contribution in [-0.2, 0) is 21.4 Å². The van der Waals surface area contributed by atoms with Crippen molar-refractivity contribution in [2.75, 3.05) is 5.32 Å². The lowest BCUT2D eigenvalue weighted by molar-refractivity contribution is -0.135. The van der Waals surface area contributed by atoms with Gasteiger partial charge in [-0.3, -0.25) is 9.59 Å². The first-order valence-electron chi connectivity index (χ1n) is 16.1.